The molecule has 28 heavy (non-hydrogen) atoms. The Morgan fingerprint density at radius 1 is 1.46 bits per heavy atom. The Morgan fingerprint density at radius 3 is 3.11 bits per heavy atom. The van der Waals surface area contributed by atoms with E-state index in [-0.39, 0.29) is 11.9 Å². The summed E-state index contributed by atoms with van der Waals surface area (Å²) in [4.78, 5) is 2.08. The van der Waals surface area contributed by atoms with E-state index in [1.165, 1.54) is 11.1 Å². The zero-order valence-corrected chi connectivity index (χ0v) is 16.4. The lowest BCUT2D eigenvalue weighted by atomic mass is 9.89. The number of aromatic amines is 1. The molecule has 1 aliphatic rings. The number of aliphatic hydroxyl groups is 1. The predicted molar refractivity (Wildman–Crippen MR) is 108 cm³/mol. The van der Waals surface area contributed by atoms with Crippen molar-refractivity contribution in [2.75, 3.05) is 32.5 Å². The number of aryl methyl sites for hydroxylation is 2. The number of hydrogen-bond acceptors (Lipinski definition) is 6. The van der Waals surface area contributed by atoms with E-state index in [0.717, 1.165) is 37.9 Å². The molecule has 2 aromatic rings. The third kappa shape index (κ3) is 5.10. The highest BCUT2D eigenvalue weighted by Gasteiger charge is 2.21. The molecule has 0 saturated heterocycles. The number of nitrogens with zero attached hydrogens (tertiary/aromatic N) is 3. The van der Waals surface area contributed by atoms with Crippen molar-refractivity contribution in [1.82, 2.24) is 15.1 Å². The standard InChI is InChI=1S/C21H29N5O2/c1-26(11-5-9-19-18(12-22)21(23)25-24-19)13-16(27)14-28-20-10-4-7-15-6-2-3-8-17(15)20/h2-3,6,8,16,20,27H,4-5,7,9-11,13-14H2,1H3,(H3,23,24,25). The van der Waals surface area contributed by atoms with Gasteiger partial charge in [-0.3, -0.25) is 5.10 Å². The maximum atomic E-state index is 10.4. The molecule has 4 N–H and O–H groups in total. The van der Waals surface area contributed by atoms with Gasteiger partial charge in [0.15, 0.2) is 5.82 Å². The maximum absolute atomic E-state index is 10.4. The predicted octanol–water partition coefficient (Wildman–Crippen LogP) is 2.18. The second-order valence-electron chi connectivity index (χ2n) is 7.51. The van der Waals surface area contributed by atoms with Crippen molar-refractivity contribution >= 4 is 5.82 Å². The molecule has 7 heteroatoms. The molecule has 150 valence electrons. The molecule has 0 amide bonds. The van der Waals surface area contributed by atoms with Crippen LogP contribution >= 0.6 is 0 Å². The molecule has 0 radical (unpaired) electrons. The number of nitrogens with two attached hydrogens (primary N) is 1. The molecule has 7 nitrogen and oxygen atoms in total. The minimum absolute atomic E-state index is 0.0835. The van der Waals surface area contributed by atoms with E-state index in [1.54, 1.807) is 0 Å². The van der Waals surface area contributed by atoms with E-state index in [2.05, 4.69) is 45.4 Å². The van der Waals surface area contributed by atoms with Crippen molar-refractivity contribution in [3.63, 3.8) is 0 Å². The fraction of sp³-hybridized carbons (Fsp3) is 0.524. The number of nitriles is 1. The Bertz CT molecular complexity index is 813. The van der Waals surface area contributed by atoms with Crippen molar-refractivity contribution in [2.45, 2.75) is 44.3 Å². The highest BCUT2D eigenvalue weighted by Crippen LogP contribution is 2.32. The average Bonchev–Trinajstić information content (AvgIpc) is 3.05. The molecule has 0 saturated carbocycles. The highest BCUT2D eigenvalue weighted by atomic mass is 16.5. The number of benzene rings is 1. The molecular weight excluding hydrogens is 354 g/mol. The van der Waals surface area contributed by atoms with Gasteiger partial charge in [0.05, 0.1) is 24.5 Å². The Labute approximate surface area is 166 Å². The number of fused-ring (bicyclic) bond motifs is 1. The van der Waals surface area contributed by atoms with Gasteiger partial charge in [0.1, 0.15) is 11.6 Å². The van der Waals surface area contributed by atoms with Gasteiger partial charge >= 0.3 is 0 Å². The summed E-state index contributed by atoms with van der Waals surface area (Å²) in [6.45, 7) is 1.68. The van der Waals surface area contributed by atoms with Gasteiger partial charge in [-0.2, -0.15) is 10.4 Å². The zero-order valence-electron chi connectivity index (χ0n) is 16.4. The molecule has 1 aliphatic carbocycles. The summed E-state index contributed by atoms with van der Waals surface area (Å²) >= 11 is 0. The number of nitrogens with one attached hydrogen (secondary N) is 1. The van der Waals surface area contributed by atoms with Crippen molar-refractivity contribution < 1.29 is 9.84 Å². The molecule has 2 unspecified atom stereocenters. The third-order valence-electron chi connectivity index (χ3n) is 5.27. The van der Waals surface area contributed by atoms with Crippen LogP contribution in [0.3, 0.4) is 0 Å². The van der Waals surface area contributed by atoms with Crippen LogP contribution in [0.25, 0.3) is 0 Å². The summed E-state index contributed by atoms with van der Waals surface area (Å²) in [6.07, 6.45) is 4.33. The van der Waals surface area contributed by atoms with Gasteiger partial charge in [0.2, 0.25) is 0 Å². The molecule has 0 fully saturated rings. The average molecular weight is 383 g/mol. The lowest BCUT2D eigenvalue weighted by Crippen LogP contribution is -2.33. The number of H-pyrrole nitrogens is 1. The summed E-state index contributed by atoms with van der Waals surface area (Å²) in [5.41, 5.74) is 9.49. The molecule has 2 atom stereocenters. The Balaban J connectivity index is 1.39. The van der Waals surface area contributed by atoms with Crippen LogP contribution < -0.4 is 5.73 Å². The zero-order chi connectivity index (χ0) is 19.9. The second-order valence-corrected chi connectivity index (χ2v) is 7.51. The minimum atomic E-state index is -0.531. The van der Waals surface area contributed by atoms with Crippen molar-refractivity contribution in [1.29, 1.82) is 5.26 Å². The van der Waals surface area contributed by atoms with E-state index in [1.807, 2.05) is 7.05 Å². The van der Waals surface area contributed by atoms with Gasteiger partial charge in [-0.05, 0) is 56.8 Å². The molecular formula is C21H29N5O2. The summed E-state index contributed by atoms with van der Waals surface area (Å²) in [5.74, 6) is 0.253. The molecule has 0 spiro atoms. The number of ether oxygens (including phenoxy) is 1. The van der Waals surface area contributed by atoms with E-state index >= 15 is 0 Å². The molecule has 1 aromatic carbocycles. The van der Waals surface area contributed by atoms with Crippen LogP contribution in [0.2, 0.25) is 0 Å². The number of anilines is 1. The topological polar surface area (TPSA) is 111 Å². The minimum Gasteiger partial charge on any atom is -0.389 e. The third-order valence-corrected chi connectivity index (χ3v) is 5.27. The first-order valence-corrected chi connectivity index (χ1v) is 9.87. The van der Waals surface area contributed by atoms with Crippen LogP contribution in [0.5, 0.6) is 0 Å². The number of aliphatic hydroxyl groups excluding tert-OH is 1. The summed E-state index contributed by atoms with van der Waals surface area (Å²) in [5, 5.41) is 26.2. The largest absolute Gasteiger partial charge is 0.389 e. The quantitative estimate of drug-likeness (QED) is 0.612. The van der Waals surface area contributed by atoms with Gasteiger partial charge < -0.3 is 20.5 Å². The summed E-state index contributed by atoms with van der Waals surface area (Å²) < 4.78 is 6.04. The Morgan fingerprint density at radius 2 is 2.29 bits per heavy atom. The van der Waals surface area contributed by atoms with Gasteiger partial charge in [-0.1, -0.05) is 24.3 Å². The van der Waals surface area contributed by atoms with Crippen LogP contribution in [0.4, 0.5) is 5.82 Å². The van der Waals surface area contributed by atoms with Gasteiger partial charge in [-0.25, -0.2) is 0 Å². The van der Waals surface area contributed by atoms with Gasteiger partial charge in [0.25, 0.3) is 0 Å². The summed E-state index contributed by atoms with van der Waals surface area (Å²) in [7, 11) is 1.98. The lowest BCUT2D eigenvalue weighted by Gasteiger charge is -2.27. The van der Waals surface area contributed by atoms with E-state index in [9.17, 15) is 5.11 Å². The molecule has 1 aromatic heterocycles. The van der Waals surface area contributed by atoms with Gasteiger partial charge in [-0.15, -0.1) is 0 Å². The summed E-state index contributed by atoms with van der Waals surface area (Å²) in [6, 6.07) is 10.5. The maximum Gasteiger partial charge on any atom is 0.163 e. The monoisotopic (exact) mass is 383 g/mol. The van der Waals surface area contributed by atoms with Crippen LogP contribution in [0.1, 0.15) is 47.8 Å². The second kappa shape index (κ2) is 9.69. The van der Waals surface area contributed by atoms with E-state index in [4.69, 9.17) is 15.7 Å². The fourth-order valence-corrected chi connectivity index (χ4v) is 3.84. The molecule has 0 aliphatic heterocycles. The number of aromatic nitrogens is 2. The number of nitrogen functional groups attached to an aromatic ring is 1. The SMILES string of the molecule is CN(CCCc1[nH]nc(N)c1C#N)CC(O)COC1CCCc2ccccc21. The van der Waals surface area contributed by atoms with E-state index < -0.39 is 6.10 Å². The van der Waals surface area contributed by atoms with Crippen molar-refractivity contribution in [3.05, 3.63) is 46.6 Å². The first-order valence-electron chi connectivity index (χ1n) is 9.87. The Kier molecular flexibility index (Phi) is 7.04. The Hall–Kier alpha value is -2.40. The molecule has 0 bridgehead atoms. The molecule has 1 heterocycles. The van der Waals surface area contributed by atoms with Crippen LogP contribution in [0.15, 0.2) is 24.3 Å². The van der Waals surface area contributed by atoms with Crippen molar-refractivity contribution in [3.8, 4) is 6.07 Å². The first-order chi connectivity index (χ1) is 13.6. The van der Waals surface area contributed by atoms with Gasteiger partial charge in [0, 0.05) is 6.54 Å². The molecule has 3 rings (SSSR count). The number of hydrogen-bond donors (Lipinski definition) is 3. The fourth-order valence-electron chi connectivity index (χ4n) is 3.84. The van der Waals surface area contributed by atoms with Crippen LogP contribution in [-0.2, 0) is 17.6 Å². The lowest BCUT2D eigenvalue weighted by molar-refractivity contribution is -0.0260. The van der Waals surface area contributed by atoms with Crippen molar-refractivity contribution in [2.24, 2.45) is 0 Å². The smallest absolute Gasteiger partial charge is 0.163 e. The first kappa shape index (κ1) is 20.3. The van der Waals surface area contributed by atoms with E-state index in [0.29, 0.717) is 25.1 Å². The van der Waals surface area contributed by atoms with Crippen LogP contribution in [0, 0.1) is 11.3 Å². The highest BCUT2D eigenvalue weighted by molar-refractivity contribution is 5.50. The normalized spacial score (nSPS) is 17.3. The van der Waals surface area contributed by atoms with Crippen LogP contribution in [-0.4, -0.2) is 53.1 Å². The number of likely N-dealkylation sites (N-methyl/N-ethyl adjacent to an activating group) is 1. The number of rotatable bonds is 9.